The summed E-state index contributed by atoms with van der Waals surface area (Å²) in [6.07, 6.45) is 2.71. The average Bonchev–Trinajstić information content (AvgIpc) is 3.51. The van der Waals surface area contributed by atoms with Gasteiger partial charge < -0.3 is 29.0 Å². The van der Waals surface area contributed by atoms with Crippen LogP contribution in [0.5, 0.6) is 23.0 Å². The first-order valence-electron chi connectivity index (χ1n) is 10.1. The number of hydrogen-bond donors (Lipinski definition) is 1. The Labute approximate surface area is 182 Å². The SMILES string of the molecule is O=C1/C(=C/c2ccc3c(c2)OCO3)Oc2cc(OCC(=O)N3CCC[C@H]3C(=O)O)ccc21. The van der Waals surface area contributed by atoms with E-state index < -0.39 is 17.9 Å². The summed E-state index contributed by atoms with van der Waals surface area (Å²) in [6, 6.07) is 9.21. The van der Waals surface area contributed by atoms with E-state index in [1.165, 1.54) is 4.90 Å². The predicted molar refractivity (Wildman–Crippen MR) is 110 cm³/mol. The summed E-state index contributed by atoms with van der Waals surface area (Å²) in [4.78, 5) is 37.6. The number of Topliss-reactive ketones (excluding diaryl/α,β-unsaturated/α-hetero) is 1. The van der Waals surface area contributed by atoms with Crippen molar-refractivity contribution in [3.05, 3.63) is 53.3 Å². The second-order valence-corrected chi connectivity index (χ2v) is 7.58. The zero-order valence-corrected chi connectivity index (χ0v) is 16.9. The van der Waals surface area contributed by atoms with Crippen LogP contribution in [0.2, 0.25) is 0 Å². The summed E-state index contributed by atoms with van der Waals surface area (Å²) < 4.78 is 21.9. The van der Waals surface area contributed by atoms with Gasteiger partial charge in [0.1, 0.15) is 17.5 Å². The molecule has 5 rings (SSSR count). The van der Waals surface area contributed by atoms with Crippen LogP contribution in [-0.2, 0) is 9.59 Å². The lowest BCUT2D eigenvalue weighted by atomic mass is 10.1. The molecule has 9 nitrogen and oxygen atoms in total. The highest BCUT2D eigenvalue weighted by Gasteiger charge is 2.34. The molecule has 0 saturated carbocycles. The van der Waals surface area contributed by atoms with Gasteiger partial charge in [0.2, 0.25) is 12.6 Å². The van der Waals surface area contributed by atoms with Crippen LogP contribution in [0.3, 0.4) is 0 Å². The number of ether oxygens (including phenoxy) is 4. The quantitative estimate of drug-likeness (QED) is 0.711. The Morgan fingerprint density at radius 3 is 2.81 bits per heavy atom. The molecule has 1 N–H and O–H groups in total. The van der Waals surface area contributed by atoms with Crippen molar-refractivity contribution in [3.8, 4) is 23.0 Å². The minimum absolute atomic E-state index is 0.161. The number of aliphatic carboxylic acids is 1. The van der Waals surface area contributed by atoms with Crippen LogP contribution in [0, 0.1) is 0 Å². The number of carbonyl (C=O) groups is 3. The highest BCUT2D eigenvalue weighted by atomic mass is 16.7. The minimum atomic E-state index is -1.01. The second-order valence-electron chi connectivity index (χ2n) is 7.58. The largest absolute Gasteiger partial charge is 0.484 e. The lowest BCUT2D eigenvalue weighted by molar-refractivity contribution is -0.148. The fourth-order valence-corrected chi connectivity index (χ4v) is 3.96. The third kappa shape index (κ3) is 3.62. The molecule has 1 atom stereocenters. The number of allylic oxidation sites excluding steroid dienone is 1. The topological polar surface area (TPSA) is 112 Å². The minimum Gasteiger partial charge on any atom is -0.484 e. The van der Waals surface area contributed by atoms with E-state index in [1.807, 2.05) is 0 Å². The van der Waals surface area contributed by atoms with Crippen LogP contribution in [0.4, 0.5) is 0 Å². The van der Waals surface area contributed by atoms with E-state index >= 15 is 0 Å². The van der Waals surface area contributed by atoms with Gasteiger partial charge in [0.15, 0.2) is 23.9 Å². The zero-order chi connectivity index (χ0) is 22.2. The van der Waals surface area contributed by atoms with Gasteiger partial charge in [-0.1, -0.05) is 6.07 Å². The number of benzene rings is 2. The van der Waals surface area contributed by atoms with Gasteiger partial charge in [0.25, 0.3) is 5.91 Å². The molecule has 32 heavy (non-hydrogen) atoms. The number of carbonyl (C=O) groups excluding carboxylic acids is 2. The van der Waals surface area contributed by atoms with E-state index in [2.05, 4.69) is 0 Å². The summed E-state index contributed by atoms with van der Waals surface area (Å²) in [6.45, 7) is 0.265. The lowest BCUT2D eigenvalue weighted by Gasteiger charge is -2.21. The second kappa shape index (κ2) is 7.92. The van der Waals surface area contributed by atoms with E-state index in [9.17, 15) is 19.5 Å². The number of hydrogen-bond acceptors (Lipinski definition) is 7. The number of ketones is 1. The average molecular weight is 437 g/mol. The number of carboxylic acid groups (broad SMARTS) is 1. The van der Waals surface area contributed by atoms with Crippen molar-refractivity contribution in [2.45, 2.75) is 18.9 Å². The Hall–Kier alpha value is -4.01. The standard InChI is InChI=1S/C23H19NO8/c25-21(24-7-1-2-16(24)23(27)28)11-29-14-4-5-15-18(10-14)32-20(22(15)26)9-13-3-6-17-19(8-13)31-12-30-17/h3-6,8-10,16H,1-2,7,11-12H2,(H,27,28)/b20-9-/t16-/m0/s1. The maximum atomic E-state index is 12.7. The molecule has 0 spiro atoms. The van der Waals surface area contributed by atoms with Crippen molar-refractivity contribution in [2.75, 3.05) is 19.9 Å². The lowest BCUT2D eigenvalue weighted by Crippen LogP contribution is -2.42. The molecule has 2 aromatic carbocycles. The molecule has 1 amide bonds. The van der Waals surface area contributed by atoms with Crippen molar-refractivity contribution in [2.24, 2.45) is 0 Å². The van der Waals surface area contributed by atoms with Crippen LogP contribution in [0.15, 0.2) is 42.2 Å². The third-order valence-electron chi connectivity index (χ3n) is 5.56. The van der Waals surface area contributed by atoms with Crippen molar-refractivity contribution in [1.82, 2.24) is 4.90 Å². The zero-order valence-electron chi connectivity index (χ0n) is 16.9. The molecule has 3 heterocycles. The third-order valence-corrected chi connectivity index (χ3v) is 5.56. The van der Waals surface area contributed by atoms with Gasteiger partial charge in [0, 0.05) is 12.6 Å². The van der Waals surface area contributed by atoms with Crippen LogP contribution in [0.25, 0.3) is 6.08 Å². The number of carboxylic acids is 1. The number of amides is 1. The van der Waals surface area contributed by atoms with E-state index in [-0.39, 0.29) is 24.9 Å². The fourth-order valence-electron chi connectivity index (χ4n) is 3.96. The van der Waals surface area contributed by atoms with E-state index in [1.54, 1.807) is 42.5 Å². The first-order valence-corrected chi connectivity index (χ1v) is 10.1. The first kappa shape index (κ1) is 19.9. The monoisotopic (exact) mass is 437 g/mol. The maximum absolute atomic E-state index is 12.7. The van der Waals surface area contributed by atoms with E-state index in [0.717, 1.165) is 5.56 Å². The summed E-state index contributed by atoms with van der Waals surface area (Å²) in [5, 5.41) is 9.22. The van der Waals surface area contributed by atoms with Crippen molar-refractivity contribution < 1.29 is 38.4 Å². The van der Waals surface area contributed by atoms with E-state index in [0.29, 0.717) is 47.9 Å². The van der Waals surface area contributed by atoms with Gasteiger partial charge in [-0.05, 0) is 48.7 Å². The molecular formula is C23H19NO8. The Bertz CT molecular complexity index is 1150. The number of rotatable bonds is 5. The van der Waals surface area contributed by atoms with Gasteiger partial charge >= 0.3 is 5.97 Å². The van der Waals surface area contributed by atoms with Crippen LogP contribution < -0.4 is 18.9 Å². The van der Waals surface area contributed by atoms with Gasteiger partial charge in [-0.25, -0.2) is 4.79 Å². The molecule has 164 valence electrons. The molecule has 1 fully saturated rings. The molecule has 0 radical (unpaired) electrons. The summed E-state index contributed by atoms with van der Waals surface area (Å²) >= 11 is 0. The molecule has 0 aromatic heterocycles. The van der Waals surface area contributed by atoms with Gasteiger partial charge in [-0.3, -0.25) is 9.59 Å². The summed E-state index contributed by atoms with van der Waals surface area (Å²) in [5.74, 6) is 0.421. The first-order chi connectivity index (χ1) is 15.5. The van der Waals surface area contributed by atoms with Crippen molar-refractivity contribution >= 4 is 23.7 Å². The van der Waals surface area contributed by atoms with Crippen LogP contribution in [-0.4, -0.2) is 53.7 Å². The van der Waals surface area contributed by atoms with Crippen LogP contribution >= 0.6 is 0 Å². The summed E-state index contributed by atoms with van der Waals surface area (Å²) in [5.41, 5.74) is 1.12. The van der Waals surface area contributed by atoms with Gasteiger partial charge in [-0.15, -0.1) is 0 Å². The molecule has 0 unspecified atom stereocenters. The molecule has 3 aliphatic heterocycles. The molecule has 3 aliphatic rings. The molecule has 1 saturated heterocycles. The highest BCUT2D eigenvalue weighted by molar-refractivity contribution is 6.14. The smallest absolute Gasteiger partial charge is 0.326 e. The molecule has 2 aromatic rings. The molecular weight excluding hydrogens is 418 g/mol. The van der Waals surface area contributed by atoms with Crippen molar-refractivity contribution in [3.63, 3.8) is 0 Å². The molecule has 0 aliphatic carbocycles. The van der Waals surface area contributed by atoms with Crippen molar-refractivity contribution in [1.29, 1.82) is 0 Å². The van der Waals surface area contributed by atoms with Gasteiger partial charge in [-0.2, -0.15) is 0 Å². The van der Waals surface area contributed by atoms with Crippen LogP contribution in [0.1, 0.15) is 28.8 Å². The number of fused-ring (bicyclic) bond motifs is 2. The summed E-state index contributed by atoms with van der Waals surface area (Å²) in [7, 11) is 0. The Morgan fingerprint density at radius 2 is 1.97 bits per heavy atom. The molecule has 0 bridgehead atoms. The maximum Gasteiger partial charge on any atom is 0.326 e. The highest BCUT2D eigenvalue weighted by Crippen LogP contribution is 2.37. The normalized spacial score (nSPS) is 19.8. The van der Waals surface area contributed by atoms with E-state index in [4.69, 9.17) is 18.9 Å². The number of nitrogens with zero attached hydrogens (tertiary/aromatic N) is 1. The Balaban J connectivity index is 1.27. The Kier molecular flexibility index (Phi) is 4.93. The number of likely N-dealkylation sites (tertiary alicyclic amines) is 1. The molecule has 9 heteroatoms. The van der Waals surface area contributed by atoms with Gasteiger partial charge in [0.05, 0.1) is 5.56 Å². The Morgan fingerprint density at radius 1 is 1.12 bits per heavy atom. The fraction of sp³-hybridized carbons (Fsp3) is 0.261. The predicted octanol–water partition coefficient (Wildman–Crippen LogP) is 2.49.